The van der Waals surface area contributed by atoms with Crippen molar-refractivity contribution in [2.45, 2.75) is 26.2 Å². The van der Waals surface area contributed by atoms with Gasteiger partial charge in [-0.15, -0.1) is 0 Å². The van der Waals surface area contributed by atoms with Crippen LogP contribution in [0.1, 0.15) is 26.3 Å². The number of benzene rings is 1. The first kappa shape index (κ1) is 12.5. The summed E-state index contributed by atoms with van der Waals surface area (Å²) < 4.78 is 52.2. The first-order valence-corrected chi connectivity index (χ1v) is 4.99. The Morgan fingerprint density at radius 2 is 1.13 bits per heavy atom. The molecule has 84 valence electrons. The Balaban J connectivity index is 3.68. The minimum atomic E-state index is -1.40. The molecule has 0 N–H and O–H groups in total. The van der Waals surface area contributed by atoms with E-state index in [1.807, 2.05) is 0 Å². The zero-order valence-electron chi connectivity index (χ0n) is 8.39. The molecule has 0 amide bonds. The molecule has 0 bridgehead atoms. The third-order valence-electron chi connectivity index (χ3n) is 1.96. The Bertz CT molecular complexity index is 378. The molecule has 0 aliphatic carbocycles. The van der Waals surface area contributed by atoms with Gasteiger partial charge in [-0.1, -0.05) is 20.8 Å². The van der Waals surface area contributed by atoms with Crippen molar-refractivity contribution < 1.29 is 17.6 Å². The maximum atomic E-state index is 13.4. The highest BCUT2D eigenvalue weighted by molar-refractivity contribution is 9.10. The molecule has 0 spiro atoms. The molecule has 15 heavy (non-hydrogen) atoms. The normalized spacial score (nSPS) is 12.0. The lowest BCUT2D eigenvalue weighted by atomic mass is 9.86. The monoisotopic (exact) mass is 284 g/mol. The van der Waals surface area contributed by atoms with Gasteiger partial charge < -0.3 is 0 Å². The van der Waals surface area contributed by atoms with Gasteiger partial charge in [0.25, 0.3) is 0 Å². The van der Waals surface area contributed by atoms with Crippen molar-refractivity contribution in [2.24, 2.45) is 0 Å². The second kappa shape index (κ2) is 3.77. The minimum Gasteiger partial charge on any atom is -0.203 e. The summed E-state index contributed by atoms with van der Waals surface area (Å²) in [4.78, 5) is 0. The van der Waals surface area contributed by atoms with E-state index >= 15 is 0 Å². The molecule has 0 heterocycles. The lowest BCUT2D eigenvalue weighted by Crippen LogP contribution is -2.19. The fourth-order valence-corrected chi connectivity index (χ4v) is 1.61. The zero-order chi connectivity index (χ0) is 12.0. The largest absolute Gasteiger partial charge is 0.203 e. The summed E-state index contributed by atoms with van der Waals surface area (Å²) >= 11 is 2.45. The molecular formula is C10H9BrF4. The van der Waals surface area contributed by atoms with Crippen molar-refractivity contribution in [3.63, 3.8) is 0 Å². The molecule has 1 rings (SSSR count). The quantitative estimate of drug-likeness (QED) is 0.378. The van der Waals surface area contributed by atoms with E-state index < -0.39 is 38.7 Å². The van der Waals surface area contributed by atoms with Crippen LogP contribution in [-0.2, 0) is 5.41 Å². The third kappa shape index (κ3) is 2.02. The Hall–Kier alpha value is -0.580. The van der Waals surface area contributed by atoms with E-state index in [1.54, 1.807) is 0 Å². The van der Waals surface area contributed by atoms with E-state index in [0.29, 0.717) is 0 Å². The van der Waals surface area contributed by atoms with E-state index in [-0.39, 0.29) is 0 Å². The van der Waals surface area contributed by atoms with Crippen LogP contribution in [0, 0.1) is 23.3 Å². The molecule has 1 aromatic rings. The Labute approximate surface area is 93.4 Å². The summed E-state index contributed by atoms with van der Waals surface area (Å²) in [5.41, 5.74) is -1.59. The Morgan fingerprint density at radius 1 is 0.800 bits per heavy atom. The van der Waals surface area contributed by atoms with Gasteiger partial charge in [-0.25, -0.2) is 17.6 Å². The average molecular weight is 285 g/mol. The topological polar surface area (TPSA) is 0 Å². The summed E-state index contributed by atoms with van der Waals surface area (Å²) in [5, 5.41) is 0. The highest BCUT2D eigenvalue weighted by Gasteiger charge is 2.30. The number of halogens is 5. The molecular weight excluding hydrogens is 276 g/mol. The minimum absolute atomic E-state index is 0.583. The van der Waals surface area contributed by atoms with Crippen molar-refractivity contribution in [3.8, 4) is 0 Å². The molecule has 1 aromatic carbocycles. The fourth-order valence-electron chi connectivity index (χ4n) is 1.26. The van der Waals surface area contributed by atoms with Crippen LogP contribution < -0.4 is 0 Å². The summed E-state index contributed by atoms with van der Waals surface area (Å²) in [6.45, 7) is 4.42. The molecule has 0 aromatic heterocycles. The van der Waals surface area contributed by atoms with Crippen LogP contribution in [0.15, 0.2) is 4.47 Å². The van der Waals surface area contributed by atoms with Crippen LogP contribution in [0.3, 0.4) is 0 Å². The summed E-state index contributed by atoms with van der Waals surface area (Å²) in [6, 6.07) is 0. The van der Waals surface area contributed by atoms with E-state index in [4.69, 9.17) is 0 Å². The van der Waals surface area contributed by atoms with Crippen LogP contribution >= 0.6 is 15.9 Å². The Kier molecular flexibility index (Phi) is 3.14. The summed E-state index contributed by atoms with van der Waals surface area (Å²) in [5.74, 6) is -5.51. The van der Waals surface area contributed by atoms with Crippen LogP contribution in [0.5, 0.6) is 0 Å². The smallest absolute Gasteiger partial charge is 0.176 e. The SMILES string of the molecule is CC(C)(C)c1c(F)c(F)c(Br)c(F)c1F. The van der Waals surface area contributed by atoms with Crippen molar-refractivity contribution in [3.05, 3.63) is 33.3 Å². The maximum absolute atomic E-state index is 13.4. The lowest BCUT2D eigenvalue weighted by Gasteiger charge is -2.21. The highest BCUT2D eigenvalue weighted by Crippen LogP contribution is 2.34. The molecule has 0 saturated heterocycles. The van der Waals surface area contributed by atoms with Gasteiger partial charge in [0.05, 0.1) is 4.47 Å². The second-order valence-electron chi connectivity index (χ2n) is 4.19. The van der Waals surface area contributed by atoms with E-state index in [1.165, 1.54) is 20.8 Å². The standard InChI is InChI=1S/C10H9BrF4/c1-10(2,3)4-6(12)8(14)5(11)9(15)7(4)13/h1-3H3. The van der Waals surface area contributed by atoms with Crippen molar-refractivity contribution in [1.82, 2.24) is 0 Å². The van der Waals surface area contributed by atoms with E-state index in [0.717, 1.165) is 0 Å². The van der Waals surface area contributed by atoms with Crippen LogP contribution in [0.4, 0.5) is 17.6 Å². The zero-order valence-corrected chi connectivity index (χ0v) is 9.98. The number of hydrogen-bond acceptors (Lipinski definition) is 0. The van der Waals surface area contributed by atoms with Gasteiger partial charge in [0.15, 0.2) is 23.3 Å². The molecule has 0 fully saturated rings. The predicted octanol–water partition coefficient (Wildman–Crippen LogP) is 4.30. The average Bonchev–Trinajstić information content (AvgIpc) is 2.09. The maximum Gasteiger partial charge on any atom is 0.176 e. The molecule has 0 aliphatic heterocycles. The van der Waals surface area contributed by atoms with Gasteiger partial charge in [0, 0.05) is 5.56 Å². The summed E-state index contributed by atoms with van der Waals surface area (Å²) in [6.07, 6.45) is 0. The third-order valence-corrected chi connectivity index (χ3v) is 2.66. The van der Waals surface area contributed by atoms with Crippen LogP contribution in [0.25, 0.3) is 0 Å². The van der Waals surface area contributed by atoms with Gasteiger partial charge in [-0.2, -0.15) is 0 Å². The molecule has 0 unspecified atom stereocenters. The highest BCUT2D eigenvalue weighted by atomic mass is 79.9. The first-order chi connectivity index (χ1) is 6.68. The van der Waals surface area contributed by atoms with Gasteiger partial charge in [-0.05, 0) is 21.3 Å². The fraction of sp³-hybridized carbons (Fsp3) is 0.400. The van der Waals surface area contributed by atoms with Crippen molar-refractivity contribution in [1.29, 1.82) is 0 Å². The first-order valence-electron chi connectivity index (χ1n) is 4.19. The second-order valence-corrected chi connectivity index (χ2v) is 4.99. The molecule has 0 nitrogen and oxygen atoms in total. The van der Waals surface area contributed by atoms with Gasteiger partial charge in [-0.3, -0.25) is 0 Å². The van der Waals surface area contributed by atoms with Gasteiger partial charge in [0.1, 0.15) is 0 Å². The van der Waals surface area contributed by atoms with Gasteiger partial charge >= 0.3 is 0 Å². The Morgan fingerprint density at radius 3 is 1.40 bits per heavy atom. The van der Waals surface area contributed by atoms with Crippen molar-refractivity contribution >= 4 is 15.9 Å². The lowest BCUT2D eigenvalue weighted by molar-refractivity contribution is 0.399. The molecule has 0 atom stereocenters. The van der Waals surface area contributed by atoms with E-state index in [9.17, 15) is 17.6 Å². The molecule has 5 heteroatoms. The van der Waals surface area contributed by atoms with Gasteiger partial charge in [0.2, 0.25) is 0 Å². The molecule has 0 saturated carbocycles. The number of rotatable bonds is 0. The molecule has 0 aliphatic rings. The van der Waals surface area contributed by atoms with Crippen LogP contribution in [-0.4, -0.2) is 0 Å². The predicted molar refractivity (Wildman–Crippen MR) is 52.7 cm³/mol. The molecule has 0 radical (unpaired) electrons. The number of hydrogen-bond donors (Lipinski definition) is 0. The van der Waals surface area contributed by atoms with Crippen LogP contribution in [0.2, 0.25) is 0 Å². The van der Waals surface area contributed by atoms with E-state index in [2.05, 4.69) is 15.9 Å². The summed E-state index contributed by atoms with van der Waals surface area (Å²) in [7, 11) is 0. The van der Waals surface area contributed by atoms with Crippen molar-refractivity contribution in [2.75, 3.05) is 0 Å².